The molecule has 0 aromatic rings. The fraction of sp³-hybridized carbons (Fsp3) is 1.00. The maximum atomic E-state index is 12.2. The van der Waals surface area contributed by atoms with Gasteiger partial charge in [0.05, 0.1) is 0 Å². The van der Waals surface area contributed by atoms with Crippen LogP contribution in [0, 0.1) is 0 Å². The summed E-state index contributed by atoms with van der Waals surface area (Å²) in [4.78, 5) is 0. The van der Waals surface area contributed by atoms with E-state index in [1.165, 1.54) is 0 Å². The predicted octanol–water partition coefficient (Wildman–Crippen LogP) is 4.39. The van der Waals surface area contributed by atoms with Gasteiger partial charge in [0.15, 0.2) is 0 Å². The summed E-state index contributed by atoms with van der Waals surface area (Å²) < 4.78 is 96.7. The zero-order valence-electron chi connectivity index (χ0n) is 6.22. The second-order valence-electron chi connectivity index (χ2n) is 2.21. The molecular formula is C3H3ClF8OS. The quantitative estimate of drug-likeness (QED) is 0.548. The van der Waals surface area contributed by atoms with Gasteiger partial charge in [-0.15, -0.1) is 0 Å². The van der Waals surface area contributed by atoms with Gasteiger partial charge in [-0.2, -0.15) is 13.2 Å². The molecule has 0 heterocycles. The van der Waals surface area contributed by atoms with Crippen LogP contribution in [0.4, 0.5) is 32.6 Å². The SMILES string of the molecule is COC(F)(Cl)C(F)(F)S(F)(F)(F)(F)F. The molecule has 0 aliphatic rings. The summed E-state index contributed by atoms with van der Waals surface area (Å²) in [6.45, 7) is 0. The first-order chi connectivity index (χ1) is 5.56. The summed E-state index contributed by atoms with van der Waals surface area (Å²) in [7, 11) is -11.4. The summed E-state index contributed by atoms with van der Waals surface area (Å²) in [5.74, 6) is 0. The molecule has 1 atom stereocenters. The molecule has 0 fully saturated rings. The van der Waals surface area contributed by atoms with Crippen LogP contribution in [0.3, 0.4) is 0 Å². The highest BCUT2D eigenvalue weighted by atomic mass is 35.5. The van der Waals surface area contributed by atoms with Crippen molar-refractivity contribution in [2.24, 2.45) is 0 Å². The zero-order chi connectivity index (χ0) is 12.1. The van der Waals surface area contributed by atoms with Crippen molar-refractivity contribution in [3.8, 4) is 0 Å². The molecule has 0 aliphatic heterocycles. The molecule has 0 spiro atoms. The Morgan fingerprint density at radius 3 is 1.36 bits per heavy atom. The molecular weight excluding hydrogens is 272 g/mol. The molecule has 0 saturated heterocycles. The number of ether oxygens (including phenoxy) is 1. The number of hydrogen-bond donors (Lipinski definition) is 0. The van der Waals surface area contributed by atoms with Crippen LogP contribution in [0.25, 0.3) is 0 Å². The third kappa shape index (κ3) is 2.01. The van der Waals surface area contributed by atoms with E-state index >= 15 is 0 Å². The zero-order valence-corrected chi connectivity index (χ0v) is 7.79. The summed E-state index contributed by atoms with van der Waals surface area (Å²) in [6.07, 6.45) is 0. The van der Waals surface area contributed by atoms with Gasteiger partial charge >= 0.3 is 20.8 Å². The monoisotopic (exact) mass is 274 g/mol. The lowest BCUT2D eigenvalue weighted by Crippen LogP contribution is -2.49. The van der Waals surface area contributed by atoms with Crippen molar-refractivity contribution in [3.63, 3.8) is 0 Å². The van der Waals surface area contributed by atoms with Gasteiger partial charge in [-0.25, -0.2) is 0 Å². The number of alkyl halides is 4. The average molecular weight is 275 g/mol. The van der Waals surface area contributed by atoms with Crippen molar-refractivity contribution < 1.29 is 37.3 Å². The minimum Gasteiger partial charge on any atom is -0.331 e. The lowest BCUT2D eigenvalue weighted by atomic mass is 10.7. The van der Waals surface area contributed by atoms with Gasteiger partial charge in [-0.05, 0) is 11.6 Å². The van der Waals surface area contributed by atoms with Crippen LogP contribution in [-0.4, -0.2) is 17.7 Å². The Labute approximate surface area is 77.7 Å². The van der Waals surface area contributed by atoms with Crippen LogP contribution in [-0.2, 0) is 4.74 Å². The Kier molecular flexibility index (Phi) is 2.41. The molecule has 1 unspecified atom stereocenters. The first-order valence-corrected chi connectivity index (χ1v) is 4.92. The van der Waals surface area contributed by atoms with E-state index in [1.54, 1.807) is 0 Å². The summed E-state index contributed by atoms with van der Waals surface area (Å²) in [5, 5.41) is -12.4. The second kappa shape index (κ2) is 2.40. The lowest BCUT2D eigenvalue weighted by molar-refractivity contribution is -0.183. The van der Waals surface area contributed by atoms with E-state index in [9.17, 15) is 32.6 Å². The second-order valence-corrected chi connectivity index (χ2v) is 5.14. The highest BCUT2D eigenvalue weighted by molar-refractivity contribution is 8.46. The Bertz CT molecular complexity index is 241. The van der Waals surface area contributed by atoms with Crippen LogP contribution in [0.5, 0.6) is 0 Å². The standard InChI is InChI=1S/C3H3ClF8OS/c1-13-2(4,5)3(6,7)14(8,9,10,11)12/h1H3. The molecule has 0 N–H and O–H groups in total. The van der Waals surface area contributed by atoms with Crippen LogP contribution >= 0.6 is 21.8 Å². The van der Waals surface area contributed by atoms with Gasteiger partial charge in [0, 0.05) is 7.11 Å². The van der Waals surface area contributed by atoms with Crippen LogP contribution in [0.1, 0.15) is 0 Å². The number of rotatable bonds is 3. The Balaban J connectivity index is 5.64. The van der Waals surface area contributed by atoms with Crippen molar-refractivity contribution in [1.29, 1.82) is 0 Å². The summed E-state index contributed by atoms with van der Waals surface area (Å²) in [6, 6.07) is 0. The van der Waals surface area contributed by atoms with E-state index in [0.29, 0.717) is 0 Å². The minimum absolute atomic E-state index is 0.00951. The van der Waals surface area contributed by atoms with E-state index in [2.05, 4.69) is 16.3 Å². The molecule has 11 heteroatoms. The predicted molar refractivity (Wildman–Crippen MR) is 34.8 cm³/mol. The Morgan fingerprint density at radius 1 is 1.00 bits per heavy atom. The van der Waals surface area contributed by atoms with E-state index in [0.717, 1.165) is 0 Å². The molecule has 0 bridgehead atoms. The van der Waals surface area contributed by atoms with E-state index in [1.807, 2.05) is 0 Å². The molecule has 0 rings (SSSR count). The smallest absolute Gasteiger partial charge is 0.331 e. The van der Waals surface area contributed by atoms with Gasteiger partial charge < -0.3 is 4.74 Å². The van der Waals surface area contributed by atoms with Crippen molar-refractivity contribution in [1.82, 2.24) is 0 Å². The highest BCUT2D eigenvalue weighted by Gasteiger charge is 2.91. The number of methoxy groups -OCH3 is 1. The van der Waals surface area contributed by atoms with Crippen molar-refractivity contribution >= 4 is 21.8 Å². The average Bonchev–Trinajstić information content (AvgIpc) is 1.81. The first kappa shape index (κ1) is 14.0. The number of halogens is 9. The minimum atomic E-state index is -11.4. The van der Waals surface area contributed by atoms with E-state index in [-0.39, 0.29) is 7.11 Å². The topological polar surface area (TPSA) is 9.23 Å². The van der Waals surface area contributed by atoms with Gasteiger partial charge in [0.25, 0.3) is 0 Å². The molecule has 0 aromatic heterocycles. The number of hydrogen-bond acceptors (Lipinski definition) is 1. The van der Waals surface area contributed by atoms with Crippen molar-refractivity contribution in [3.05, 3.63) is 0 Å². The Morgan fingerprint density at radius 2 is 1.29 bits per heavy atom. The van der Waals surface area contributed by atoms with Crippen LogP contribution < -0.4 is 0 Å². The molecule has 0 radical (unpaired) electrons. The molecule has 1 nitrogen and oxygen atoms in total. The van der Waals surface area contributed by atoms with Crippen LogP contribution in [0.2, 0.25) is 0 Å². The molecule has 0 amide bonds. The Hall–Kier alpha value is 0.0400. The third-order valence-corrected chi connectivity index (χ3v) is 2.81. The first-order valence-electron chi connectivity index (χ1n) is 2.59. The normalized spacial score (nSPS) is 23.6. The molecule has 90 valence electrons. The van der Waals surface area contributed by atoms with Crippen LogP contribution in [0.15, 0.2) is 0 Å². The van der Waals surface area contributed by atoms with Gasteiger partial charge in [0.2, 0.25) is 0 Å². The van der Waals surface area contributed by atoms with Crippen molar-refractivity contribution in [2.45, 2.75) is 10.6 Å². The maximum absolute atomic E-state index is 12.2. The van der Waals surface area contributed by atoms with Gasteiger partial charge in [-0.1, -0.05) is 19.4 Å². The lowest BCUT2D eigenvalue weighted by Gasteiger charge is -2.48. The molecule has 14 heavy (non-hydrogen) atoms. The van der Waals surface area contributed by atoms with Gasteiger partial charge in [0.1, 0.15) is 0 Å². The molecule has 0 saturated carbocycles. The van der Waals surface area contributed by atoms with E-state index < -0.39 is 20.8 Å². The third-order valence-electron chi connectivity index (χ3n) is 1.08. The molecule has 0 aromatic carbocycles. The maximum Gasteiger partial charge on any atom is 0.454 e. The van der Waals surface area contributed by atoms with Crippen molar-refractivity contribution in [2.75, 3.05) is 7.11 Å². The van der Waals surface area contributed by atoms with E-state index in [4.69, 9.17) is 0 Å². The molecule has 0 aliphatic carbocycles. The van der Waals surface area contributed by atoms with Gasteiger partial charge in [-0.3, -0.25) is 0 Å². The summed E-state index contributed by atoms with van der Waals surface area (Å²) in [5.41, 5.74) is 0. The largest absolute Gasteiger partial charge is 0.454 e. The summed E-state index contributed by atoms with van der Waals surface area (Å²) >= 11 is 3.87. The fourth-order valence-electron chi connectivity index (χ4n) is 0.343. The highest BCUT2D eigenvalue weighted by Crippen LogP contribution is 3.05. The fourth-order valence-corrected chi connectivity index (χ4v) is 1.31.